The van der Waals surface area contributed by atoms with Crippen molar-refractivity contribution in [3.63, 3.8) is 0 Å². The van der Waals surface area contributed by atoms with Crippen LogP contribution in [0.5, 0.6) is 0 Å². The number of amides is 2. The number of nitrogens with zero attached hydrogens (tertiary/aromatic N) is 4. The summed E-state index contributed by atoms with van der Waals surface area (Å²) in [6, 6.07) is 13.7. The van der Waals surface area contributed by atoms with Gasteiger partial charge in [-0.25, -0.2) is 0 Å². The molecule has 2 aromatic heterocycles. The molecule has 1 N–H and O–H groups in total. The van der Waals surface area contributed by atoms with E-state index in [1.54, 1.807) is 4.90 Å². The van der Waals surface area contributed by atoms with Gasteiger partial charge in [0, 0.05) is 37.8 Å². The van der Waals surface area contributed by atoms with E-state index in [-0.39, 0.29) is 24.2 Å². The predicted molar refractivity (Wildman–Crippen MR) is 115 cm³/mol. The highest BCUT2D eigenvalue weighted by atomic mass is 16.2. The predicted octanol–water partition coefficient (Wildman–Crippen LogP) is 2.95. The average Bonchev–Trinajstić information content (AvgIpc) is 3.37. The zero-order valence-corrected chi connectivity index (χ0v) is 17.4. The molecule has 1 fully saturated rings. The van der Waals surface area contributed by atoms with Crippen LogP contribution in [-0.2, 0) is 16.0 Å². The second kappa shape index (κ2) is 8.65. The largest absolute Gasteiger partial charge is 0.355 e. The molecule has 7 heteroatoms. The Morgan fingerprint density at radius 1 is 1.20 bits per heavy atom. The van der Waals surface area contributed by atoms with Gasteiger partial charge in [-0.1, -0.05) is 38.1 Å². The Morgan fingerprint density at radius 2 is 2.00 bits per heavy atom. The van der Waals surface area contributed by atoms with Crippen LogP contribution in [0, 0.1) is 5.92 Å². The van der Waals surface area contributed by atoms with Crippen molar-refractivity contribution >= 4 is 23.1 Å². The van der Waals surface area contributed by atoms with E-state index in [4.69, 9.17) is 0 Å². The number of hydrogen-bond acceptors (Lipinski definition) is 4. The molecule has 0 spiro atoms. The van der Waals surface area contributed by atoms with Gasteiger partial charge in [0.2, 0.25) is 11.8 Å². The molecule has 0 radical (unpaired) electrons. The summed E-state index contributed by atoms with van der Waals surface area (Å²) in [5, 5.41) is 11.3. The van der Waals surface area contributed by atoms with E-state index in [0.29, 0.717) is 25.4 Å². The molecule has 0 saturated carbocycles. The van der Waals surface area contributed by atoms with Gasteiger partial charge >= 0.3 is 0 Å². The molecule has 3 heterocycles. The minimum Gasteiger partial charge on any atom is -0.355 e. The zero-order chi connectivity index (χ0) is 21.1. The van der Waals surface area contributed by atoms with Crippen LogP contribution in [0.4, 0.5) is 5.69 Å². The number of fused-ring (bicyclic) bond motifs is 1. The van der Waals surface area contributed by atoms with Gasteiger partial charge in [0.05, 0.1) is 5.92 Å². The fourth-order valence-corrected chi connectivity index (χ4v) is 3.99. The van der Waals surface area contributed by atoms with E-state index in [1.807, 2.05) is 47.0 Å². The molecule has 1 aliphatic rings. The van der Waals surface area contributed by atoms with E-state index in [1.165, 1.54) is 0 Å². The van der Waals surface area contributed by atoms with Gasteiger partial charge in [0.15, 0.2) is 5.65 Å². The lowest BCUT2D eigenvalue weighted by Crippen LogP contribution is -2.34. The maximum atomic E-state index is 12.7. The highest BCUT2D eigenvalue weighted by molar-refractivity contribution is 6.00. The Morgan fingerprint density at radius 3 is 2.83 bits per heavy atom. The highest BCUT2D eigenvalue weighted by Gasteiger charge is 2.36. The van der Waals surface area contributed by atoms with Crippen molar-refractivity contribution in [3.8, 4) is 0 Å². The van der Waals surface area contributed by atoms with Crippen molar-refractivity contribution < 1.29 is 9.59 Å². The van der Waals surface area contributed by atoms with Crippen molar-refractivity contribution in [3.05, 3.63) is 60.0 Å². The first-order chi connectivity index (χ1) is 14.6. The Kier molecular flexibility index (Phi) is 5.79. The van der Waals surface area contributed by atoms with E-state index >= 15 is 0 Å². The molecule has 3 aromatic rings. The average molecular weight is 406 g/mol. The Hall–Kier alpha value is -3.22. The lowest BCUT2D eigenvalue weighted by Gasteiger charge is -2.23. The molecule has 30 heavy (non-hydrogen) atoms. The molecule has 2 amide bonds. The molecule has 7 nitrogen and oxygen atoms in total. The normalized spacial score (nSPS) is 17.5. The number of aromatic nitrogens is 3. The summed E-state index contributed by atoms with van der Waals surface area (Å²) in [7, 11) is 0. The zero-order valence-electron chi connectivity index (χ0n) is 17.4. The minimum atomic E-state index is -0.336. The summed E-state index contributed by atoms with van der Waals surface area (Å²) >= 11 is 0. The Balaban J connectivity index is 1.38. The standard InChI is InChI=1S/C23H27N5O2/c1-3-16(2)18-8-4-5-9-19(18)28-15-17(14-22(28)29)23(30)24-12-11-21-26-25-20-10-6-7-13-27(20)21/h4-10,13,16-17H,3,11-12,14-15H2,1-2H3,(H,24,30). The summed E-state index contributed by atoms with van der Waals surface area (Å²) in [6.07, 6.45) is 3.74. The Labute approximate surface area is 176 Å². The van der Waals surface area contributed by atoms with Crippen molar-refractivity contribution in [1.29, 1.82) is 0 Å². The lowest BCUT2D eigenvalue weighted by molar-refractivity contribution is -0.126. The van der Waals surface area contributed by atoms with Crippen LogP contribution >= 0.6 is 0 Å². The second-order valence-electron chi connectivity index (χ2n) is 7.86. The first-order valence-electron chi connectivity index (χ1n) is 10.5. The highest BCUT2D eigenvalue weighted by Crippen LogP contribution is 2.33. The third kappa shape index (κ3) is 3.92. The van der Waals surface area contributed by atoms with Crippen molar-refractivity contribution in [2.75, 3.05) is 18.0 Å². The van der Waals surface area contributed by atoms with E-state index in [9.17, 15) is 9.59 Å². The molecule has 2 atom stereocenters. The van der Waals surface area contributed by atoms with E-state index in [0.717, 1.165) is 29.1 Å². The summed E-state index contributed by atoms with van der Waals surface area (Å²) in [4.78, 5) is 27.2. The van der Waals surface area contributed by atoms with Crippen LogP contribution in [-0.4, -0.2) is 39.5 Å². The summed E-state index contributed by atoms with van der Waals surface area (Å²) in [5.41, 5.74) is 2.88. The third-order valence-corrected chi connectivity index (χ3v) is 5.90. The molecule has 4 rings (SSSR count). The van der Waals surface area contributed by atoms with Crippen LogP contribution < -0.4 is 10.2 Å². The van der Waals surface area contributed by atoms with Gasteiger partial charge in [-0.3, -0.25) is 14.0 Å². The first kappa shape index (κ1) is 20.1. The number of hydrogen-bond donors (Lipinski definition) is 1. The van der Waals surface area contributed by atoms with E-state index < -0.39 is 0 Å². The van der Waals surface area contributed by atoms with Crippen LogP contribution in [0.3, 0.4) is 0 Å². The van der Waals surface area contributed by atoms with Gasteiger partial charge in [-0.05, 0) is 36.1 Å². The topological polar surface area (TPSA) is 79.6 Å². The van der Waals surface area contributed by atoms with Crippen molar-refractivity contribution in [2.24, 2.45) is 5.92 Å². The summed E-state index contributed by atoms with van der Waals surface area (Å²) < 4.78 is 1.92. The van der Waals surface area contributed by atoms with Crippen LogP contribution in [0.1, 0.15) is 44.0 Å². The first-order valence-corrected chi connectivity index (χ1v) is 10.5. The maximum Gasteiger partial charge on any atom is 0.227 e. The number of para-hydroxylation sites is 1. The van der Waals surface area contributed by atoms with Crippen molar-refractivity contribution in [1.82, 2.24) is 19.9 Å². The Bertz CT molecular complexity index is 1060. The van der Waals surface area contributed by atoms with Crippen molar-refractivity contribution in [2.45, 2.75) is 39.0 Å². The summed E-state index contributed by atoms with van der Waals surface area (Å²) in [6.45, 7) is 5.19. The molecule has 1 saturated heterocycles. The SMILES string of the molecule is CCC(C)c1ccccc1N1CC(C(=O)NCCc2nnc3ccccn23)CC1=O. The quantitative estimate of drug-likeness (QED) is 0.655. The third-order valence-electron chi connectivity index (χ3n) is 5.90. The second-order valence-corrected chi connectivity index (χ2v) is 7.86. The number of carbonyl (C=O) groups is 2. The van der Waals surface area contributed by atoms with Gasteiger partial charge in [-0.2, -0.15) is 0 Å². The molecule has 2 unspecified atom stereocenters. The lowest BCUT2D eigenvalue weighted by atomic mass is 9.96. The van der Waals surface area contributed by atoms with Crippen LogP contribution in [0.2, 0.25) is 0 Å². The molecule has 1 aromatic carbocycles. The number of nitrogens with one attached hydrogen (secondary N) is 1. The monoisotopic (exact) mass is 405 g/mol. The molecule has 0 bridgehead atoms. The maximum absolute atomic E-state index is 12.7. The van der Waals surface area contributed by atoms with Gasteiger partial charge < -0.3 is 10.2 Å². The molecule has 0 aliphatic carbocycles. The fraction of sp³-hybridized carbons (Fsp3) is 0.391. The summed E-state index contributed by atoms with van der Waals surface area (Å²) in [5.74, 6) is 0.755. The van der Waals surface area contributed by atoms with Gasteiger partial charge in [0.1, 0.15) is 5.82 Å². The number of carbonyl (C=O) groups excluding carboxylic acids is 2. The minimum absolute atomic E-state index is 0.00866. The van der Waals surface area contributed by atoms with Crippen LogP contribution in [0.25, 0.3) is 5.65 Å². The molecule has 1 aliphatic heterocycles. The number of anilines is 1. The van der Waals surface area contributed by atoms with Gasteiger partial charge in [-0.15, -0.1) is 10.2 Å². The number of pyridine rings is 1. The van der Waals surface area contributed by atoms with Gasteiger partial charge in [0.25, 0.3) is 0 Å². The van der Waals surface area contributed by atoms with Crippen LogP contribution in [0.15, 0.2) is 48.7 Å². The molecular formula is C23H27N5O2. The number of rotatable bonds is 7. The van der Waals surface area contributed by atoms with E-state index in [2.05, 4.69) is 35.4 Å². The molecular weight excluding hydrogens is 378 g/mol. The smallest absolute Gasteiger partial charge is 0.227 e. The number of benzene rings is 1. The fourth-order valence-electron chi connectivity index (χ4n) is 3.99. The molecule has 156 valence electrons.